The number of carboxylic acids is 1. The molecular formula is C17H21NO4. The van der Waals surface area contributed by atoms with E-state index in [4.69, 9.17) is 9.84 Å². The van der Waals surface area contributed by atoms with Crippen LogP contribution in [-0.4, -0.2) is 41.1 Å². The van der Waals surface area contributed by atoms with Crippen LogP contribution in [-0.2, 0) is 15.0 Å². The van der Waals surface area contributed by atoms with Crippen molar-refractivity contribution in [3.63, 3.8) is 0 Å². The standard InChI is InChI=1S/C17H21NO4/c1-11(2)18(10-15(19)20)16(21)13-9-17(13)7-8-22-14-6-4-3-5-12(14)17/h3-6,11,13H,7-10H2,1-2H3,(H,19,20)/t13-,17-/m0/s1. The van der Waals surface area contributed by atoms with Gasteiger partial charge in [0.15, 0.2) is 0 Å². The predicted octanol–water partition coefficient (Wildman–Crippen LogP) is 2.05. The molecule has 1 fully saturated rings. The topological polar surface area (TPSA) is 66.8 Å². The highest BCUT2D eigenvalue weighted by Crippen LogP contribution is 2.61. The van der Waals surface area contributed by atoms with Crippen LogP contribution in [0.15, 0.2) is 24.3 Å². The van der Waals surface area contributed by atoms with E-state index in [0.29, 0.717) is 6.61 Å². The maximum atomic E-state index is 12.8. The zero-order chi connectivity index (χ0) is 15.9. The fourth-order valence-corrected chi connectivity index (χ4v) is 3.55. The number of carbonyl (C=O) groups excluding carboxylic acids is 1. The van der Waals surface area contributed by atoms with Gasteiger partial charge in [-0.15, -0.1) is 0 Å². The van der Waals surface area contributed by atoms with E-state index in [2.05, 4.69) is 0 Å². The summed E-state index contributed by atoms with van der Waals surface area (Å²) in [5, 5.41) is 9.03. The second-order valence-electron chi connectivity index (χ2n) is 6.46. The Labute approximate surface area is 129 Å². The lowest BCUT2D eigenvalue weighted by Gasteiger charge is -2.29. The molecule has 3 rings (SSSR count). The highest BCUT2D eigenvalue weighted by molar-refractivity contribution is 5.88. The number of ether oxygens (including phenoxy) is 1. The summed E-state index contributed by atoms with van der Waals surface area (Å²) in [5.41, 5.74) is 0.941. The summed E-state index contributed by atoms with van der Waals surface area (Å²) in [6.07, 6.45) is 1.61. The van der Waals surface area contributed by atoms with Gasteiger partial charge in [-0.1, -0.05) is 18.2 Å². The molecule has 22 heavy (non-hydrogen) atoms. The first-order chi connectivity index (χ1) is 10.5. The van der Waals surface area contributed by atoms with Crippen LogP contribution in [0.3, 0.4) is 0 Å². The molecule has 1 spiro atoms. The Kier molecular flexibility index (Phi) is 3.59. The predicted molar refractivity (Wildman–Crippen MR) is 80.8 cm³/mol. The first kappa shape index (κ1) is 14.9. The highest BCUT2D eigenvalue weighted by atomic mass is 16.5. The molecule has 2 aliphatic rings. The van der Waals surface area contributed by atoms with E-state index < -0.39 is 5.97 Å². The molecule has 1 aromatic carbocycles. The number of hydrogen-bond donors (Lipinski definition) is 1. The van der Waals surface area contributed by atoms with Crippen LogP contribution in [0.2, 0.25) is 0 Å². The zero-order valence-corrected chi connectivity index (χ0v) is 12.9. The summed E-state index contributed by atoms with van der Waals surface area (Å²) in [4.78, 5) is 25.3. The molecule has 0 aromatic heterocycles. The van der Waals surface area contributed by atoms with Gasteiger partial charge in [-0.05, 0) is 32.8 Å². The van der Waals surface area contributed by atoms with Crippen molar-refractivity contribution in [3.8, 4) is 5.75 Å². The number of benzene rings is 1. The first-order valence-corrected chi connectivity index (χ1v) is 7.70. The summed E-state index contributed by atoms with van der Waals surface area (Å²) in [6.45, 7) is 4.09. The monoisotopic (exact) mass is 303 g/mol. The first-order valence-electron chi connectivity index (χ1n) is 7.70. The number of amides is 1. The van der Waals surface area contributed by atoms with Crippen LogP contribution < -0.4 is 4.74 Å². The van der Waals surface area contributed by atoms with Crippen LogP contribution in [0.25, 0.3) is 0 Å². The number of fused-ring (bicyclic) bond motifs is 2. The molecule has 1 amide bonds. The molecule has 5 nitrogen and oxygen atoms in total. The minimum Gasteiger partial charge on any atom is -0.493 e. The molecule has 1 aromatic rings. The van der Waals surface area contributed by atoms with Crippen LogP contribution in [0.5, 0.6) is 5.75 Å². The minimum atomic E-state index is -0.968. The van der Waals surface area contributed by atoms with Crippen LogP contribution >= 0.6 is 0 Å². The van der Waals surface area contributed by atoms with Crippen molar-refractivity contribution < 1.29 is 19.4 Å². The van der Waals surface area contributed by atoms with Gasteiger partial charge in [0.1, 0.15) is 12.3 Å². The molecule has 1 N–H and O–H groups in total. The van der Waals surface area contributed by atoms with Crippen molar-refractivity contribution in [2.45, 2.75) is 38.1 Å². The van der Waals surface area contributed by atoms with Gasteiger partial charge >= 0.3 is 5.97 Å². The number of nitrogens with zero attached hydrogens (tertiary/aromatic N) is 1. The van der Waals surface area contributed by atoms with Gasteiger partial charge in [0.05, 0.1) is 6.61 Å². The van der Waals surface area contributed by atoms with Gasteiger partial charge in [0.2, 0.25) is 5.91 Å². The number of carboxylic acid groups (broad SMARTS) is 1. The Bertz CT molecular complexity index is 612. The van der Waals surface area contributed by atoms with E-state index >= 15 is 0 Å². The molecule has 0 bridgehead atoms. The summed E-state index contributed by atoms with van der Waals surface area (Å²) in [6, 6.07) is 7.75. The third-order valence-corrected chi connectivity index (χ3v) is 4.81. The van der Waals surface area contributed by atoms with E-state index in [1.165, 1.54) is 4.90 Å². The van der Waals surface area contributed by atoms with Crippen LogP contribution in [0.1, 0.15) is 32.3 Å². The quantitative estimate of drug-likeness (QED) is 0.924. The normalized spacial score (nSPS) is 25.5. The third kappa shape index (κ3) is 2.34. The smallest absolute Gasteiger partial charge is 0.323 e. The average Bonchev–Trinajstić information content (AvgIpc) is 3.19. The van der Waals surface area contributed by atoms with Gasteiger partial charge in [0, 0.05) is 22.9 Å². The lowest BCUT2D eigenvalue weighted by atomic mass is 9.87. The maximum absolute atomic E-state index is 12.8. The summed E-state index contributed by atoms with van der Waals surface area (Å²) >= 11 is 0. The molecule has 0 unspecified atom stereocenters. The van der Waals surface area contributed by atoms with Gasteiger partial charge in [0.25, 0.3) is 0 Å². The molecule has 5 heteroatoms. The minimum absolute atomic E-state index is 0.0471. The van der Waals surface area contributed by atoms with Gasteiger partial charge in [-0.25, -0.2) is 0 Å². The largest absolute Gasteiger partial charge is 0.493 e. The second kappa shape index (κ2) is 5.30. The molecule has 118 valence electrons. The third-order valence-electron chi connectivity index (χ3n) is 4.81. The average molecular weight is 303 g/mol. The molecule has 1 aliphatic carbocycles. The molecular weight excluding hydrogens is 282 g/mol. The lowest BCUT2D eigenvalue weighted by Crippen LogP contribution is -2.43. The fourth-order valence-electron chi connectivity index (χ4n) is 3.55. The maximum Gasteiger partial charge on any atom is 0.323 e. The van der Waals surface area contributed by atoms with E-state index in [1.807, 2.05) is 38.1 Å². The molecule has 1 saturated carbocycles. The van der Waals surface area contributed by atoms with Crippen molar-refractivity contribution in [1.29, 1.82) is 0 Å². The Morgan fingerprint density at radius 1 is 1.41 bits per heavy atom. The van der Waals surface area contributed by atoms with E-state index in [9.17, 15) is 9.59 Å². The van der Waals surface area contributed by atoms with Gasteiger partial charge in [-0.3, -0.25) is 9.59 Å². The van der Waals surface area contributed by atoms with Crippen molar-refractivity contribution in [2.75, 3.05) is 13.2 Å². The lowest BCUT2D eigenvalue weighted by molar-refractivity contribution is -0.146. The highest BCUT2D eigenvalue weighted by Gasteiger charge is 2.61. The van der Waals surface area contributed by atoms with Crippen LogP contribution in [0, 0.1) is 5.92 Å². The van der Waals surface area contributed by atoms with E-state index in [-0.39, 0.29) is 29.8 Å². The fraction of sp³-hybridized carbons (Fsp3) is 0.529. The molecule has 2 atom stereocenters. The molecule has 0 radical (unpaired) electrons. The van der Waals surface area contributed by atoms with Crippen molar-refractivity contribution in [2.24, 2.45) is 5.92 Å². The van der Waals surface area contributed by atoms with Crippen molar-refractivity contribution >= 4 is 11.9 Å². The number of aliphatic carboxylic acids is 1. The molecule has 1 heterocycles. The SMILES string of the molecule is CC(C)N(CC(=O)O)C(=O)[C@@H]1C[C@]12CCOc1ccccc12. The van der Waals surface area contributed by atoms with Crippen LogP contribution in [0.4, 0.5) is 0 Å². The summed E-state index contributed by atoms with van der Waals surface area (Å²) < 4.78 is 5.68. The Morgan fingerprint density at radius 2 is 2.14 bits per heavy atom. The Balaban J connectivity index is 1.84. The van der Waals surface area contributed by atoms with Crippen molar-refractivity contribution in [3.05, 3.63) is 29.8 Å². The number of hydrogen-bond acceptors (Lipinski definition) is 3. The number of para-hydroxylation sites is 1. The zero-order valence-electron chi connectivity index (χ0n) is 12.9. The Hall–Kier alpha value is -2.04. The van der Waals surface area contributed by atoms with Gasteiger partial charge in [-0.2, -0.15) is 0 Å². The summed E-state index contributed by atoms with van der Waals surface area (Å²) in [5.74, 6) is -0.282. The molecule has 1 aliphatic heterocycles. The van der Waals surface area contributed by atoms with Crippen molar-refractivity contribution in [1.82, 2.24) is 4.90 Å². The van der Waals surface area contributed by atoms with E-state index in [1.54, 1.807) is 0 Å². The number of carbonyl (C=O) groups is 2. The number of rotatable bonds is 4. The second-order valence-corrected chi connectivity index (χ2v) is 6.46. The van der Waals surface area contributed by atoms with E-state index in [0.717, 1.165) is 24.2 Å². The summed E-state index contributed by atoms with van der Waals surface area (Å²) in [7, 11) is 0. The Morgan fingerprint density at radius 3 is 2.82 bits per heavy atom. The van der Waals surface area contributed by atoms with Gasteiger partial charge < -0.3 is 14.7 Å². The molecule has 0 saturated heterocycles.